The van der Waals surface area contributed by atoms with E-state index in [0.29, 0.717) is 4.47 Å². The molecule has 1 unspecified atom stereocenters. The van der Waals surface area contributed by atoms with Crippen molar-refractivity contribution in [3.63, 3.8) is 0 Å². The third-order valence-electron chi connectivity index (χ3n) is 2.45. The van der Waals surface area contributed by atoms with E-state index in [0.717, 1.165) is 12.4 Å². The second-order valence-corrected chi connectivity index (χ2v) is 4.73. The third-order valence-corrected chi connectivity index (χ3v) is 2.88. The summed E-state index contributed by atoms with van der Waals surface area (Å²) in [6.07, 6.45) is 2.50. The molecule has 1 atom stereocenters. The molecule has 0 fully saturated rings. The van der Waals surface area contributed by atoms with Crippen molar-refractivity contribution in [2.24, 2.45) is 0 Å². The zero-order valence-electron chi connectivity index (χ0n) is 9.90. The van der Waals surface area contributed by atoms with E-state index in [1.807, 2.05) is 0 Å². The van der Waals surface area contributed by atoms with Gasteiger partial charge in [0.1, 0.15) is 6.10 Å². The van der Waals surface area contributed by atoms with Crippen LogP contribution in [0.1, 0.15) is 18.6 Å². The van der Waals surface area contributed by atoms with Crippen molar-refractivity contribution in [1.82, 2.24) is 9.97 Å². The van der Waals surface area contributed by atoms with E-state index in [1.54, 1.807) is 6.07 Å². The van der Waals surface area contributed by atoms with E-state index in [1.165, 1.54) is 13.1 Å². The van der Waals surface area contributed by atoms with Crippen LogP contribution in [0.5, 0.6) is 5.75 Å². The Morgan fingerprint density at radius 1 is 1.26 bits per heavy atom. The molecule has 0 aliphatic rings. The lowest BCUT2D eigenvalue weighted by Gasteiger charge is -2.17. The van der Waals surface area contributed by atoms with Crippen molar-refractivity contribution in [3.8, 4) is 5.75 Å². The Bertz CT molecular complexity index is 589. The number of pyridine rings is 2. The normalized spacial score (nSPS) is 12.2. The lowest BCUT2D eigenvalue weighted by Crippen LogP contribution is -2.10. The van der Waals surface area contributed by atoms with Crippen LogP contribution in [0, 0.1) is 11.6 Å². The Morgan fingerprint density at radius 2 is 1.89 bits per heavy atom. The molecule has 0 spiro atoms. The second-order valence-electron chi connectivity index (χ2n) is 3.81. The second kappa shape index (κ2) is 5.48. The van der Waals surface area contributed by atoms with E-state index in [9.17, 15) is 8.78 Å². The van der Waals surface area contributed by atoms with Crippen LogP contribution in [0.15, 0.2) is 29.1 Å². The van der Waals surface area contributed by atoms with Gasteiger partial charge >= 0.3 is 0 Å². The van der Waals surface area contributed by atoms with E-state index < -0.39 is 17.7 Å². The van der Waals surface area contributed by atoms with Gasteiger partial charge in [0, 0.05) is 10.7 Å². The van der Waals surface area contributed by atoms with Gasteiger partial charge < -0.3 is 10.5 Å². The Kier molecular flexibility index (Phi) is 3.94. The highest BCUT2D eigenvalue weighted by molar-refractivity contribution is 9.10. The minimum atomic E-state index is -0.860. The maximum atomic E-state index is 13.5. The molecule has 0 saturated carbocycles. The van der Waals surface area contributed by atoms with Crippen LogP contribution < -0.4 is 10.5 Å². The number of halogens is 3. The summed E-state index contributed by atoms with van der Waals surface area (Å²) in [6.45, 7) is 1.52. The summed E-state index contributed by atoms with van der Waals surface area (Å²) in [6, 6.07) is 1.58. The van der Waals surface area contributed by atoms with Gasteiger partial charge in [-0.2, -0.15) is 0 Å². The average molecular weight is 330 g/mol. The SMILES string of the molecule is CC(Oc1cc(Br)cnc1N)c1c(F)cncc1F. The zero-order chi connectivity index (χ0) is 14.0. The highest BCUT2D eigenvalue weighted by Crippen LogP contribution is 2.29. The molecule has 0 bridgehead atoms. The van der Waals surface area contributed by atoms with Gasteiger partial charge in [0.25, 0.3) is 0 Å². The van der Waals surface area contributed by atoms with Crippen LogP contribution in [0.4, 0.5) is 14.6 Å². The fourth-order valence-corrected chi connectivity index (χ4v) is 1.90. The number of anilines is 1. The number of rotatable bonds is 3. The van der Waals surface area contributed by atoms with Gasteiger partial charge in [0.15, 0.2) is 23.2 Å². The van der Waals surface area contributed by atoms with E-state index in [-0.39, 0.29) is 17.1 Å². The molecule has 0 amide bonds. The maximum Gasteiger partial charge on any atom is 0.166 e. The first-order valence-electron chi connectivity index (χ1n) is 5.35. The summed E-state index contributed by atoms with van der Waals surface area (Å²) in [4.78, 5) is 7.29. The number of nitrogen functional groups attached to an aromatic ring is 1. The molecule has 0 radical (unpaired) electrons. The standard InChI is InChI=1S/C12H10BrF2N3O/c1-6(11-8(14)4-17-5-9(11)15)19-10-2-7(13)3-18-12(10)16/h2-6H,1H3,(H2,16,18). The lowest BCUT2D eigenvalue weighted by molar-refractivity contribution is 0.215. The first kappa shape index (κ1) is 13.7. The molecule has 2 N–H and O–H groups in total. The summed E-state index contributed by atoms with van der Waals surface area (Å²) < 4.78 is 33.2. The molecule has 100 valence electrons. The third kappa shape index (κ3) is 2.98. The molecule has 2 aromatic heterocycles. The Morgan fingerprint density at radius 3 is 2.53 bits per heavy atom. The van der Waals surface area contributed by atoms with Crippen LogP contribution in [0.3, 0.4) is 0 Å². The molecule has 0 aromatic carbocycles. The molecule has 2 heterocycles. The van der Waals surface area contributed by atoms with E-state index in [2.05, 4.69) is 25.9 Å². The summed E-state index contributed by atoms with van der Waals surface area (Å²) >= 11 is 3.22. The van der Waals surface area contributed by atoms with E-state index in [4.69, 9.17) is 10.5 Å². The van der Waals surface area contributed by atoms with Crippen LogP contribution in [0.25, 0.3) is 0 Å². The van der Waals surface area contributed by atoms with Crippen molar-refractivity contribution in [2.45, 2.75) is 13.0 Å². The average Bonchev–Trinajstić information content (AvgIpc) is 2.33. The van der Waals surface area contributed by atoms with Crippen LogP contribution in [-0.4, -0.2) is 9.97 Å². The lowest BCUT2D eigenvalue weighted by atomic mass is 10.1. The summed E-state index contributed by atoms with van der Waals surface area (Å²) in [5, 5.41) is 0. The number of hydrogen-bond donors (Lipinski definition) is 1. The highest BCUT2D eigenvalue weighted by atomic mass is 79.9. The van der Waals surface area contributed by atoms with Gasteiger partial charge in [0.05, 0.1) is 18.0 Å². The Balaban J connectivity index is 2.31. The maximum absolute atomic E-state index is 13.5. The topological polar surface area (TPSA) is 61.0 Å². The predicted octanol–water partition coefficient (Wildman–Crippen LogP) is 3.24. The number of ether oxygens (including phenoxy) is 1. The van der Waals surface area contributed by atoms with Crippen LogP contribution in [0.2, 0.25) is 0 Å². The zero-order valence-corrected chi connectivity index (χ0v) is 11.5. The molecule has 0 saturated heterocycles. The minimum Gasteiger partial charge on any atom is -0.482 e. The molecule has 19 heavy (non-hydrogen) atoms. The first-order chi connectivity index (χ1) is 8.99. The Hall–Kier alpha value is -1.76. The van der Waals surface area contributed by atoms with Gasteiger partial charge in [-0.05, 0) is 28.9 Å². The molecule has 0 aliphatic heterocycles. The molecule has 0 aliphatic carbocycles. The number of aromatic nitrogens is 2. The number of nitrogens with zero attached hydrogens (tertiary/aromatic N) is 2. The molecule has 4 nitrogen and oxygen atoms in total. The van der Waals surface area contributed by atoms with Crippen molar-refractivity contribution < 1.29 is 13.5 Å². The van der Waals surface area contributed by atoms with Crippen molar-refractivity contribution in [1.29, 1.82) is 0 Å². The predicted molar refractivity (Wildman–Crippen MR) is 69.5 cm³/mol. The van der Waals surface area contributed by atoms with Crippen molar-refractivity contribution in [3.05, 3.63) is 46.3 Å². The molecule has 2 aromatic rings. The first-order valence-corrected chi connectivity index (χ1v) is 6.15. The van der Waals surface area contributed by atoms with Crippen LogP contribution in [-0.2, 0) is 0 Å². The smallest absolute Gasteiger partial charge is 0.166 e. The highest BCUT2D eigenvalue weighted by Gasteiger charge is 2.19. The van der Waals surface area contributed by atoms with Gasteiger partial charge in [-0.15, -0.1) is 0 Å². The monoisotopic (exact) mass is 329 g/mol. The molecule has 2 rings (SSSR count). The van der Waals surface area contributed by atoms with Crippen LogP contribution >= 0.6 is 15.9 Å². The number of hydrogen-bond acceptors (Lipinski definition) is 4. The molecular formula is C12H10BrF2N3O. The minimum absolute atomic E-state index is 0.143. The number of nitrogens with two attached hydrogens (primary N) is 1. The van der Waals surface area contributed by atoms with Gasteiger partial charge in [-0.3, -0.25) is 4.98 Å². The molecule has 7 heteroatoms. The largest absolute Gasteiger partial charge is 0.482 e. The summed E-state index contributed by atoms with van der Waals surface area (Å²) in [5.41, 5.74) is 5.44. The van der Waals surface area contributed by atoms with E-state index >= 15 is 0 Å². The fourth-order valence-electron chi connectivity index (χ4n) is 1.58. The Labute approximate surface area is 116 Å². The summed E-state index contributed by atoms with van der Waals surface area (Å²) in [7, 11) is 0. The summed E-state index contributed by atoms with van der Waals surface area (Å²) in [5.74, 6) is -1.15. The van der Waals surface area contributed by atoms with Gasteiger partial charge in [0.2, 0.25) is 0 Å². The van der Waals surface area contributed by atoms with Gasteiger partial charge in [-0.25, -0.2) is 13.8 Å². The quantitative estimate of drug-likeness (QED) is 0.939. The fraction of sp³-hybridized carbons (Fsp3) is 0.167. The van der Waals surface area contributed by atoms with Crippen molar-refractivity contribution >= 4 is 21.7 Å². The van der Waals surface area contributed by atoms with Crippen molar-refractivity contribution in [2.75, 3.05) is 5.73 Å². The van der Waals surface area contributed by atoms with Gasteiger partial charge in [-0.1, -0.05) is 0 Å². The molecular weight excluding hydrogens is 320 g/mol.